The van der Waals surface area contributed by atoms with Gasteiger partial charge < -0.3 is 15.0 Å². The fraction of sp³-hybridized carbons (Fsp3) is 0.500. The maximum absolute atomic E-state index is 12.6. The average molecular weight is 343 g/mol. The van der Waals surface area contributed by atoms with Gasteiger partial charge in [0.05, 0.1) is 36.7 Å². The summed E-state index contributed by atoms with van der Waals surface area (Å²) >= 11 is 0. The van der Waals surface area contributed by atoms with Gasteiger partial charge >= 0.3 is 6.03 Å². The average Bonchev–Trinajstić information content (AvgIpc) is 3.13. The Bertz CT molecular complexity index is 717. The van der Waals surface area contributed by atoms with Gasteiger partial charge in [-0.2, -0.15) is 0 Å². The molecule has 1 N–H and O–H groups in total. The van der Waals surface area contributed by atoms with Crippen molar-refractivity contribution < 1.29 is 9.53 Å². The summed E-state index contributed by atoms with van der Waals surface area (Å²) in [4.78, 5) is 14.4. The molecule has 7 nitrogen and oxygen atoms in total. The molecule has 1 aliphatic heterocycles. The Balaban J connectivity index is 1.63. The fourth-order valence-electron chi connectivity index (χ4n) is 2.85. The molecule has 0 aliphatic carbocycles. The lowest BCUT2D eigenvalue weighted by Gasteiger charge is -2.40. The van der Waals surface area contributed by atoms with Gasteiger partial charge in [0, 0.05) is 6.54 Å². The molecular weight excluding hydrogens is 318 g/mol. The molecule has 2 atom stereocenters. The molecule has 2 aromatic rings. The van der Waals surface area contributed by atoms with Crippen LogP contribution in [0.3, 0.4) is 0 Å². The second kappa shape index (κ2) is 7.23. The highest BCUT2D eigenvalue weighted by Gasteiger charge is 2.33. The van der Waals surface area contributed by atoms with Crippen molar-refractivity contribution in [3.05, 3.63) is 42.2 Å². The molecule has 0 bridgehead atoms. The van der Waals surface area contributed by atoms with Crippen molar-refractivity contribution in [3.8, 4) is 5.69 Å². The van der Waals surface area contributed by atoms with Crippen molar-refractivity contribution in [2.24, 2.45) is 0 Å². The Morgan fingerprint density at radius 1 is 1.40 bits per heavy atom. The number of benzene rings is 1. The first-order valence-corrected chi connectivity index (χ1v) is 8.68. The van der Waals surface area contributed by atoms with Gasteiger partial charge in [-0.05, 0) is 32.4 Å². The number of morpholine rings is 1. The Hall–Kier alpha value is -2.41. The summed E-state index contributed by atoms with van der Waals surface area (Å²) in [6, 6.07) is 9.46. The zero-order valence-electron chi connectivity index (χ0n) is 15.0. The summed E-state index contributed by atoms with van der Waals surface area (Å²) in [5.41, 5.74) is 1.39. The van der Waals surface area contributed by atoms with Gasteiger partial charge in [-0.1, -0.05) is 30.3 Å². The maximum Gasteiger partial charge on any atom is 0.318 e. The van der Waals surface area contributed by atoms with E-state index in [0.29, 0.717) is 19.7 Å². The highest BCUT2D eigenvalue weighted by molar-refractivity contribution is 5.74. The number of aromatic nitrogens is 3. The number of carbonyl (C=O) groups is 1. The molecular formula is C18H25N5O2. The van der Waals surface area contributed by atoms with E-state index in [4.69, 9.17) is 4.74 Å². The van der Waals surface area contributed by atoms with Gasteiger partial charge in [0.2, 0.25) is 0 Å². The number of urea groups is 1. The standard InChI is InChI=1S/C18H25N5O2/c1-4-18(3)13-22(10-11-25-18)17(24)19-14(2)16-12-23(21-20-16)15-8-6-5-7-9-15/h5-9,12,14H,4,10-11,13H2,1-3H3,(H,19,24)/t14-,18+/m1/s1. The van der Waals surface area contributed by atoms with Crippen LogP contribution >= 0.6 is 0 Å². The predicted octanol–water partition coefficient (Wildman–Crippen LogP) is 2.54. The van der Waals surface area contributed by atoms with Crippen LogP contribution in [0.5, 0.6) is 0 Å². The molecule has 0 spiro atoms. The fourth-order valence-corrected chi connectivity index (χ4v) is 2.85. The zero-order valence-corrected chi connectivity index (χ0v) is 15.0. The molecule has 1 saturated heterocycles. The van der Waals surface area contributed by atoms with E-state index >= 15 is 0 Å². The normalized spacial score (nSPS) is 21.8. The van der Waals surface area contributed by atoms with Gasteiger partial charge in [-0.25, -0.2) is 9.48 Å². The van der Waals surface area contributed by atoms with E-state index in [2.05, 4.69) is 22.6 Å². The predicted molar refractivity (Wildman–Crippen MR) is 94.5 cm³/mol. The lowest BCUT2D eigenvalue weighted by Crippen LogP contribution is -2.54. The molecule has 25 heavy (non-hydrogen) atoms. The van der Waals surface area contributed by atoms with E-state index in [1.54, 1.807) is 4.68 Å². The molecule has 134 valence electrons. The summed E-state index contributed by atoms with van der Waals surface area (Å²) in [7, 11) is 0. The largest absolute Gasteiger partial charge is 0.372 e. The van der Waals surface area contributed by atoms with Crippen molar-refractivity contribution in [2.45, 2.75) is 38.8 Å². The molecule has 3 rings (SSSR count). The molecule has 0 radical (unpaired) electrons. The Morgan fingerprint density at radius 2 is 2.16 bits per heavy atom. The third-order valence-corrected chi connectivity index (χ3v) is 4.69. The summed E-state index contributed by atoms with van der Waals surface area (Å²) < 4.78 is 7.50. The number of hydrogen-bond acceptors (Lipinski definition) is 4. The topological polar surface area (TPSA) is 72.3 Å². The first-order chi connectivity index (χ1) is 12.0. The first-order valence-electron chi connectivity index (χ1n) is 8.68. The molecule has 1 aromatic heterocycles. The Kier molecular flexibility index (Phi) is 5.03. The van der Waals surface area contributed by atoms with Crippen LogP contribution in [0.15, 0.2) is 36.5 Å². The Labute approximate surface area is 148 Å². The third-order valence-electron chi connectivity index (χ3n) is 4.69. The van der Waals surface area contributed by atoms with Crippen molar-refractivity contribution >= 4 is 6.03 Å². The third kappa shape index (κ3) is 3.99. The number of hydrogen-bond donors (Lipinski definition) is 1. The summed E-state index contributed by atoms with van der Waals surface area (Å²) in [6.07, 6.45) is 2.72. The van der Waals surface area contributed by atoms with E-state index in [0.717, 1.165) is 17.8 Å². The summed E-state index contributed by atoms with van der Waals surface area (Å²) in [6.45, 7) is 7.80. The number of amides is 2. The van der Waals surface area contributed by atoms with E-state index < -0.39 is 0 Å². The highest BCUT2D eigenvalue weighted by Crippen LogP contribution is 2.21. The van der Waals surface area contributed by atoms with E-state index in [1.807, 2.05) is 55.3 Å². The SMILES string of the molecule is CC[C@@]1(C)CN(C(=O)N[C@H](C)c2cn(-c3ccccc3)nn2)CCO1. The highest BCUT2D eigenvalue weighted by atomic mass is 16.5. The minimum Gasteiger partial charge on any atom is -0.372 e. The van der Waals surface area contributed by atoms with Gasteiger partial charge in [-0.3, -0.25) is 0 Å². The van der Waals surface area contributed by atoms with Crippen LogP contribution in [0.25, 0.3) is 5.69 Å². The van der Waals surface area contributed by atoms with Crippen LogP contribution in [-0.4, -0.2) is 51.2 Å². The van der Waals surface area contributed by atoms with Crippen molar-refractivity contribution in [1.82, 2.24) is 25.2 Å². The van der Waals surface area contributed by atoms with E-state index in [-0.39, 0.29) is 17.7 Å². The molecule has 0 saturated carbocycles. The number of nitrogens with zero attached hydrogens (tertiary/aromatic N) is 4. The van der Waals surface area contributed by atoms with Gasteiger partial charge in [-0.15, -0.1) is 5.10 Å². The van der Waals surface area contributed by atoms with Gasteiger partial charge in [0.25, 0.3) is 0 Å². The number of ether oxygens (including phenoxy) is 1. The van der Waals surface area contributed by atoms with Crippen LogP contribution in [-0.2, 0) is 4.74 Å². The second-order valence-electron chi connectivity index (χ2n) is 6.67. The minimum absolute atomic E-state index is 0.0928. The molecule has 1 fully saturated rings. The first kappa shape index (κ1) is 17.4. The molecule has 1 aromatic carbocycles. The molecule has 7 heteroatoms. The molecule has 0 unspecified atom stereocenters. The minimum atomic E-state index is -0.269. The molecule has 2 heterocycles. The van der Waals surface area contributed by atoms with Gasteiger partial charge in [0.15, 0.2) is 0 Å². The number of rotatable bonds is 4. The number of para-hydroxylation sites is 1. The smallest absolute Gasteiger partial charge is 0.318 e. The monoisotopic (exact) mass is 343 g/mol. The Morgan fingerprint density at radius 3 is 2.88 bits per heavy atom. The van der Waals surface area contributed by atoms with E-state index in [9.17, 15) is 4.79 Å². The molecule has 1 aliphatic rings. The van der Waals surface area contributed by atoms with Gasteiger partial charge in [0.1, 0.15) is 5.69 Å². The second-order valence-corrected chi connectivity index (χ2v) is 6.67. The van der Waals surface area contributed by atoms with E-state index in [1.165, 1.54) is 0 Å². The summed E-state index contributed by atoms with van der Waals surface area (Å²) in [5.74, 6) is 0. The van der Waals surface area contributed by atoms with Crippen LogP contribution in [0.1, 0.15) is 38.9 Å². The maximum atomic E-state index is 12.6. The van der Waals surface area contributed by atoms with Crippen LogP contribution in [0.2, 0.25) is 0 Å². The van der Waals surface area contributed by atoms with Crippen LogP contribution in [0, 0.1) is 0 Å². The zero-order chi connectivity index (χ0) is 17.9. The lowest BCUT2D eigenvalue weighted by atomic mass is 10.0. The molecule has 2 amide bonds. The number of carbonyl (C=O) groups excluding carboxylic acids is 1. The lowest BCUT2D eigenvalue weighted by molar-refractivity contribution is -0.0874. The quantitative estimate of drug-likeness (QED) is 0.926. The summed E-state index contributed by atoms with van der Waals surface area (Å²) in [5, 5.41) is 11.3. The number of nitrogens with one attached hydrogen (secondary N) is 1. The van der Waals surface area contributed by atoms with Crippen LogP contribution in [0.4, 0.5) is 4.79 Å². The van der Waals surface area contributed by atoms with Crippen LogP contribution < -0.4 is 5.32 Å². The van der Waals surface area contributed by atoms with Crippen molar-refractivity contribution in [2.75, 3.05) is 19.7 Å². The van der Waals surface area contributed by atoms with Crippen molar-refractivity contribution in [3.63, 3.8) is 0 Å². The van der Waals surface area contributed by atoms with Crippen molar-refractivity contribution in [1.29, 1.82) is 0 Å².